The van der Waals surface area contributed by atoms with Gasteiger partial charge in [0.05, 0.1) is 5.56 Å². The number of para-hydroxylation sites is 1. The van der Waals surface area contributed by atoms with E-state index in [9.17, 15) is 0 Å². The molecule has 1 heterocycles. The minimum Gasteiger partial charge on any atom is -0.435 e. The van der Waals surface area contributed by atoms with Gasteiger partial charge in [-0.2, -0.15) is 4.58 Å². The molecule has 4 aliphatic carbocycles. The van der Waals surface area contributed by atoms with Gasteiger partial charge >= 0.3 is 0 Å². The van der Waals surface area contributed by atoms with Crippen molar-refractivity contribution in [2.45, 2.75) is 70.6 Å². The van der Waals surface area contributed by atoms with E-state index in [4.69, 9.17) is 4.74 Å². The summed E-state index contributed by atoms with van der Waals surface area (Å²) in [7, 11) is 0. The third-order valence-corrected chi connectivity index (χ3v) is 8.52. The Morgan fingerprint density at radius 1 is 0.933 bits per heavy atom. The second kappa shape index (κ2) is 6.70. The van der Waals surface area contributed by atoms with Crippen molar-refractivity contribution in [2.24, 2.45) is 17.8 Å². The second-order valence-corrected chi connectivity index (χ2v) is 11.0. The summed E-state index contributed by atoms with van der Waals surface area (Å²) in [6, 6.07) is 13.6. The summed E-state index contributed by atoms with van der Waals surface area (Å²) in [6.45, 7) is 7.39. The van der Waals surface area contributed by atoms with Crippen molar-refractivity contribution in [1.29, 1.82) is 0 Å². The quantitative estimate of drug-likeness (QED) is 0.522. The summed E-state index contributed by atoms with van der Waals surface area (Å²) in [5.41, 5.74) is 7.18. The number of aryl methyl sites for hydroxylation is 1. The average Bonchev–Trinajstić information content (AvgIpc) is 2.73. The SMILES string of the molecule is Cc1ccc(C23CC4CC(CC(C4)C2)C3)c2c1C=[N+](c1ccccc1C(C)C)CO2. The van der Waals surface area contributed by atoms with Crippen LogP contribution in [0.25, 0.3) is 0 Å². The second-order valence-electron chi connectivity index (χ2n) is 11.0. The van der Waals surface area contributed by atoms with Crippen molar-refractivity contribution in [3.63, 3.8) is 0 Å². The van der Waals surface area contributed by atoms with Gasteiger partial charge in [-0.3, -0.25) is 0 Å². The molecule has 0 saturated heterocycles. The zero-order valence-electron chi connectivity index (χ0n) is 18.7. The van der Waals surface area contributed by atoms with E-state index in [1.165, 1.54) is 72.2 Å². The largest absolute Gasteiger partial charge is 0.435 e. The van der Waals surface area contributed by atoms with Gasteiger partial charge in [-0.05, 0) is 80.1 Å². The molecule has 2 nitrogen and oxygen atoms in total. The normalized spacial score (nSPS) is 31.5. The van der Waals surface area contributed by atoms with Crippen molar-refractivity contribution >= 4 is 11.9 Å². The minimum atomic E-state index is 0.373. The van der Waals surface area contributed by atoms with E-state index in [1.54, 1.807) is 0 Å². The van der Waals surface area contributed by atoms with Gasteiger partial charge in [-0.15, -0.1) is 0 Å². The van der Waals surface area contributed by atoms with Crippen molar-refractivity contribution < 1.29 is 9.31 Å². The highest BCUT2D eigenvalue weighted by Gasteiger charge is 2.53. The fraction of sp³-hybridized carbons (Fsp3) is 0.536. The highest BCUT2D eigenvalue weighted by atomic mass is 16.5. The van der Waals surface area contributed by atoms with E-state index in [2.05, 4.69) is 68.0 Å². The zero-order chi connectivity index (χ0) is 20.5. The van der Waals surface area contributed by atoms with Crippen LogP contribution < -0.4 is 4.74 Å². The maximum absolute atomic E-state index is 6.62. The van der Waals surface area contributed by atoms with Crippen LogP contribution >= 0.6 is 0 Å². The fourth-order valence-corrected chi connectivity index (χ4v) is 7.58. The Kier molecular flexibility index (Phi) is 4.17. The topological polar surface area (TPSA) is 12.2 Å². The molecule has 2 heteroatoms. The summed E-state index contributed by atoms with van der Waals surface area (Å²) in [5.74, 6) is 4.55. The van der Waals surface area contributed by atoms with E-state index in [0.29, 0.717) is 18.1 Å². The van der Waals surface area contributed by atoms with Gasteiger partial charge in [0.1, 0.15) is 5.75 Å². The van der Waals surface area contributed by atoms with Gasteiger partial charge in [0.25, 0.3) is 6.73 Å². The molecule has 4 saturated carbocycles. The summed E-state index contributed by atoms with van der Waals surface area (Å²) >= 11 is 0. The first-order valence-electron chi connectivity index (χ1n) is 12.0. The molecule has 7 rings (SSSR count). The van der Waals surface area contributed by atoms with E-state index >= 15 is 0 Å². The molecule has 0 N–H and O–H groups in total. The van der Waals surface area contributed by atoms with Crippen molar-refractivity contribution in [1.82, 2.24) is 0 Å². The third kappa shape index (κ3) is 2.79. The van der Waals surface area contributed by atoms with Crippen LogP contribution in [0, 0.1) is 24.7 Å². The van der Waals surface area contributed by atoms with E-state index in [-0.39, 0.29) is 0 Å². The summed E-state index contributed by atoms with van der Waals surface area (Å²) in [6.07, 6.45) is 11.0. The van der Waals surface area contributed by atoms with Crippen LogP contribution in [0.2, 0.25) is 0 Å². The van der Waals surface area contributed by atoms with Crippen LogP contribution in [0.5, 0.6) is 5.75 Å². The molecule has 0 radical (unpaired) electrons. The van der Waals surface area contributed by atoms with Crippen LogP contribution in [0.4, 0.5) is 5.69 Å². The maximum atomic E-state index is 6.62. The smallest absolute Gasteiger partial charge is 0.292 e. The van der Waals surface area contributed by atoms with E-state index in [0.717, 1.165) is 17.8 Å². The number of benzene rings is 2. The lowest BCUT2D eigenvalue weighted by Crippen LogP contribution is -2.48. The first kappa shape index (κ1) is 18.7. The molecular weight excluding hydrogens is 366 g/mol. The van der Waals surface area contributed by atoms with Crippen LogP contribution in [0.1, 0.15) is 80.5 Å². The van der Waals surface area contributed by atoms with Gasteiger partial charge in [-0.25, -0.2) is 0 Å². The molecule has 4 bridgehead atoms. The van der Waals surface area contributed by atoms with Crippen molar-refractivity contribution in [3.8, 4) is 5.75 Å². The van der Waals surface area contributed by atoms with Gasteiger partial charge in [-0.1, -0.05) is 44.2 Å². The van der Waals surface area contributed by atoms with Crippen molar-refractivity contribution in [2.75, 3.05) is 6.73 Å². The fourth-order valence-electron chi connectivity index (χ4n) is 7.58. The Labute approximate surface area is 181 Å². The molecule has 1 aliphatic heterocycles. The van der Waals surface area contributed by atoms with Gasteiger partial charge in [0, 0.05) is 17.2 Å². The summed E-state index contributed by atoms with van der Waals surface area (Å²) in [4.78, 5) is 0. The number of hydrogen-bond donors (Lipinski definition) is 0. The molecule has 156 valence electrons. The van der Waals surface area contributed by atoms with Gasteiger partial charge in [0.15, 0.2) is 6.21 Å². The van der Waals surface area contributed by atoms with E-state index in [1.807, 2.05) is 0 Å². The Balaban J connectivity index is 1.45. The lowest BCUT2D eigenvalue weighted by Gasteiger charge is -2.57. The molecule has 0 atom stereocenters. The van der Waals surface area contributed by atoms with Crippen LogP contribution in [-0.4, -0.2) is 17.5 Å². The molecule has 30 heavy (non-hydrogen) atoms. The molecule has 5 aliphatic rings. The standard InChI is InChI=1S/C28H34NO/c1-18(2)23-6-4-5-7-26(23)29-16-24-19(3)8-9-25(27(24)30-17-29)28-13-20-10-21(14-28)12-22(11-20)15-28/h4-9,16,18,20-22H,10-15,17H2,1-3H3/q+1. The molecule has 0 amide bonds. The Bertz CT molecular complexity index is 996. The first-order chi connectivity index (χ1) is 14.5. The molecule has 0 spiro atoms. The molecule has 2 aromatic carbocycles. The Hall–Kier alpha value is -2.09. The molecule has 4 fully saturated rings. The predicted octanol–water partition coefficient (Wildman–Crippen LogP) is 6.70. The van der Waals surface area contributed by atoms with Crippen LogP contribution in [0.3, 0.4) is 0 Å². The van der Waals surface area contributed by atoms with Crippen LogP contribution in [0.15, 0.2) is 36.4 Å². The summed E-state index contributed by atoms with van der Waals surface area (Å²) < 4.78 is 8.94. The average molecular weight is 401 g/mol. The highest BCUT2D eigenvalue weighted by Crippen LogP contribution is 2.62. The third-order valence-electron chi connectivity index (χ3n) is 8.52. The molecule has 0 aromatic heterocycles. The number of ether oxygens (including phenoxy) is 1. The maximum Gasteiger partial charge on any atom is 0.292 e. The Morgan fingerprint density at radius 3 is 2.27 bits per heavy atom. The molecule has 2 aromatic rings. The lowest BCUT2D eigenvalue weighted by molar-refractivity contribution is -0.476. The number of rotatable bonds is 3. The Morgan fingerprint density at radius 2 is 1.60 bits per heavy atom. The number of hydrogen-bond acceptors (Lipinski definition) is 1. The highest BCUT2D eigenvalue weighted by molar-refractivity contribution is 5.85. The van der Waals surface area contributed by atoms with Gasteiger partial charge < -0.3 is 4.74 Å². The van der Waals surface area contributed by atoms with Gasteiger partial charge in [0.2, 0.25) is 5.69 Å². The lowest BCUT2D eigenvalue weighted by atomic mass is 9.48. The van der Waals surface area contributed by atoms with E-state index < -0.39 is 0 Å². The van der Waals surface area contributed by atoms with Crippen LogP contribution in [-0.2, 0) is 5.41 Å². The van der Waals surface area contributed by atoms with Crippen molar-refractivity contribution in [3.05, 3.63) is 58.7 Å². The molecule has 0 unspecified atom stereocenters. The number of fused-ring (bicyclic) bond motifs is 1. The first-order valence-corrected chi connectivity index (χ1v) is 12.0. The number of nitrogens with zero attached hydrogens (tertiary/aromatic N) is 1. The monoisotopic (exact) mass is 400 g/mol. The zero-order valence-corrected chi connectivity index (χ0v) is 18.7. The summed E-state index contributed by atoms with van der Waals surface area (Å²) in [5, 5.41) is 0. The molecular formula is C28H34NO+. The minimum absolute atomic E-state index is 0.373. The predicted molar refractivity (Wildman–Crippen MR) is 122 cm³/mol.